The molecular formula is C14H18Cl2N2O2S. The van der Waals surface area contributed by atoms with E-state index in [9.17, 15) is 4.79 Å². The van der Waals surface area contributed by atoms with Gasteiger partial charge in [-0.25, -0.2) is 0 Å². The van der Waals surface area contributed by atoms with E-state index in [2.05, 4.69) is 10.6 Å². The van der Waals surface area contributed by atoms with Gasteiger partial charge in [0.25, 0.3) is 0 Å². The van der Waals surface area contributed by atoms with Crippen LogP contribution in [0.5, 0.6) is 5.75 Å². The molecule has 0 aliphatic rings. The lowest BCUT2D eigenvalue weighted by Gasteiger charge is -2.12. The number of benzene rings is 1. The first kappa shape index (κ1) is 18.0. The molecule has 7 heteroatoms. The number of thiocarbonyl (C=S) groups is 1. The summed E-state index contributed by atoms with van der Waals surface area (Å²) in [5.74, 6) is 0.414. The monoisotopic (exact) mass is 348 g/mol. The van der Waals surface area contributed by atoms with Crippen LogP contribution in [-0.4, -0.2) is 23.7 Å². The Balaban J connectivity index is 2.24. The van der Waals surface area contributed by atoms with Crippen LogP contribution in [-0.2, 0) is 4.79 Å². The quantitative estimate of drug-likeness (QED) is 0.609. The van der Waals surface area contributed by atoms with Crippen molar-refractivity contribution in [2.75, 3.05) is 6.61 Å². The van der Waals surface area contributed by atoms with E-state index in [1.807, 2.05) is 13.8 Å². The summed E-state index contributed by atoms with van der Waals surface area (Å²) >= 11 is 16.8. The minimum atomic E-state index is -0.140. The number of hydrogen-bond donors (Lipinski definition) is 2. The number of nitrogens with one attached hydrogen (secondary N) is 2. The van der Waals surface area contributed by atoms with Gasteiger partial charge in [-0.15, -0.1) is 0 Å². The zero-order valence-electron chi connectivity index (χ0n) is 11.9. The van der Waals surface area contributed by atoms with E-state index in [0.717, 1.165) is 0 Å². The summed E-state index contributed by atoms with van der Waals surface area (Å²) in [6.07, 6.45) is 0.889. The summed E-state index contributed by atoms with van der Waals surface area (Å²) in [6, 6.07) is 5.20. The Morgan fingerprint density at radius 3 is 2.71 bits per heavy atom. The predicted octanol–water partition coefficient (Wildman–Crippen LogP) is 3.55. The first-order chi connectivity index (χ1) is 9.88. The molecule has 0 saturated heterocycles. The molecule has 0 aliphatic carbocycles. The molecule has 2 N–H and O–H groups in total. The minimum Gasteiger partial charge on any atom is -0.492 e. The Kier molecular flexibility index (Phi) is 7.78. The largest absolute Gasteiger partial charge is 0.492 e. The van der Waals surface area contributed by atoms with Gasteiger partial charge in [0.05, 0.1) is 11.6 Å². The Morgan fingerprint density at radius 2 is 2.10 bits per heavy atom. The number of halogens is 2. The summed E-state index contributed by atoms with van der Waals surface area (Å²) in [5, 5.41) is 6.90. The molecule has 0 aromatic heterocycles. The highest BCUT2D eigenvalue weighted by Gasteiger charge is 2.06. The van der Waals surface area contributed by atoms with E-state index in [1.165, 1.54) is 0 Å². The number of carbonyl (C=O) groups excluding carboxylic acids is 1. The summed E-state index contributed by atoms with van der Waals surface area (Å²) in [7, 11) is 0. The molecule has 0 heterocycles. The van der Waals surface area contributed by atoms with Crippen molar-refractivity contribution in [1.29, 1.82) is 0 Å². The van der Waals surface area contributed by atoms with Crippen LogP contribution < -0.4 is 15.4 Å². The first-order valence-corrected chi connectivity index (χ1v) is 7.73. The van der Waals surface area contributed by atoms with Crippen LogP contribution in [0.2, 0.25) is 10.0 Å². The van der Waals surface area contributed by atoms with Gasteiger partial charge in [-0.3, -0.25) is 4.79 Å². The van der Waals surface area contributed by atoms with E-state index < -0.39 is 0 Å². The highest BCUT2D eigenvalue weighted by atomic mass is 35.5. The second-order valence-corrected chi connectivity index (χ2v) is 5.95. The van der Waals surface area contributed by atoms with Crippen molar-refractivity contribution < 1.29 is 9.53 Å². The lowest BCUT2D eigenvalue weighted by molar-refractivity contribution is -0.119. The average Bonchev–Trinajstić information content (AvgIpc) is 2.35. The second kappa shape index (κ2) is 9.07. The zero-order valence-corrected chi connectivity index (χ0v) is 14.2. The summed E-state index contributed by atoms with van der Waals surface area (Å²) in [6.45, 7) is 4.28. The van der Waals surface area contributed by atoms with Crippen molar-refractivity contribution in [2.45, 2.75) is 32.7 Å². The van der Waals surface area contributed by atoms with Crippen molar-refractivity contribution >= 4 is 46.4 Å². The SMILES string of the molecule is CC(C)NC(=S)NC(=O)CCCOc1ccc(Cl)cc1Cl. The molecule has 0 atom stereocenters. The summed E-state index contributed by atoms with van der Waals surface area (Å²) in [5.41, 5.74) is 0. The zero-order chi connectivity index (χ0) is 15.8. The maximum atomic E-state index is 11.6. The second-order valence-electron chi connectivity index (χ2n) is 4.70. The van der Waals surface area contributed by atoms with Crippen LogP contribution in [0.3, 0.4) is 0 Å². The van der Waals surface area contributed by atoms with Crippen LogP contribution in [0.1, 0.15) is 26.7 Å². The van der Waals surface area contributed by atoms with Gasteiger partial charge in [-0.2, -0.15) is 0 Å². The minimum absolute atomic E-state index is 0.140. The van der Waals surface area contributed by atoms with Gasteiger partial charge in [-0.05, 0) is 50.7 Å². The van der Waals surface area contributed by atoms with E-state index >= 15 is 0 Å². The van der Waals surface area contributed by atoms with E-state index in [4.69, 9.17) is 40.2 Å². The van der Waals surface area contributed by atoms with Crippen LogP contribution in [0.4, 0.5) is 0 Å². The number of ether oxygens (including phenoxy) is 1. The molecule has 1 aromatic rings. The molecule has 0 spiro atoms. The number of rotatable bonds is 6. The number of amides is 1. The molecular weight excluding hydrogens is 331 g/mol. The lowest BCUT2D eigenvalue weighted by atomic mass is 10.3. The van der Waals surface area contributed by atoms with Crippen molar-refractivity contribution in [2.24, 2.45) is 0 Å². The molecule has 0 unspecified atom stereocenters. The van der Waals surface area contributed by atoms with Gasteiger partial charge >= 0.3 is 0 Å². The molecule has 116 valence electrons. The molecule has 1 aromatic carbocycles. The van der Waals surface area contributed by atoms with Crippen molar-refractivity contribution in [1.82, 2.24) is 10.6 Å². The fourth-order valence-corrected chi connectivity index (χ4v) is 2.31. The third kappa shape index (κ3) is 7.50. The third-order valence-electron chi connectivity index (χ3n) is 2.37. The van der Waals surface area contributed by atoms with E-state index in [-0.39, 0.29) is 11.9 Å². The van der Waals surface area contributed by atoms with Crippen molar-refractivity contribution in [3.63, 3.8) is 0 Å². The highest BCUT2D eigenvalue weighted by molar-refractivity contribution is 7.80. The Hall–Kier alpha value is -1.04. The van der Waals surface area contributed by atoms with Crippen LogP contribution in [0, 0.1) is 0 Å². The molecule has 0 bridgehead atoms. The Labute approximate surface area is 140 Å². The Morgan fingerprint density at radius 1 is 1.38 bits per heavy atom. The van der Waals surface area contributed by atoms with Crippen LogP contribution >= 0.6 is 35.4 Å². The molecule has 0 fully saturated rings. The maximum Gasteiger partial charge on any atom is 0.226 e. The lowest BCUT2D eigenvalue weighted by Crippen LogP contribution is -2.42. The molecule has 0 aliphatic heterocycles. The van der Waals surface area contributed by atoms with E-state index in [1.54, 1.807) is 18.2 Å². The van der Waals surface area contributed by atoms with Crippen molar-refractivity contribution in [3.8, 4) is 5.75 Å². The molecule has 0 radical (unpaired) electrons. The molecule has 1 amide bonds. The van der Waals surface area contributed by atoms with Gasteiger partial charge in [0, 0.05) is 17.5 Å². The molecule has 4 nitrogen and oxygen atoms in total. The summed E-state index contributed by atoms with van der Waals surface area (Å²) < 4.78 is 5.49. The normalized spacial score (nSPS) is 10.3. The molecule has 21 heavy (non-hydrogen) atoms. The third-order valence-corrected chi connectivity index (χ3v) is 3.12. The van der Waals surface area contributed by atoms with Crippen molar-refractivity contribution in [3.05, 3.63) is 28.2 Å². The molecule has 0 saturated carbocycles. The van der Waals surface area contributed by atoms with Gasteiger partial charge in [0.15, 0.2) is 5.11 Å². The van der Waals surface area contributed by atoms with Gasteiger partial charge in [0.2, 0.25) is 5.91 Å². The van der Waals surface area contributed by atoms with Crippen LogP contribution in [0.15, 0.2) is 18.2 Å². The predicted molar refractivity (Wildman–Crippen MR) is 90.2 cm³/mol. The van der Waals surface area contributed by atoms with Crippen LogP contribution in [0.25, 0.3) is 0 Å². The number of carbonyl (C=O) groups is 1. The highest BCUT2D eigenvalue weighted by Crippen LogP contribution is 2.27. The van der Waals surface area contributed by atoms with Gasteiger partial charge in [-0.1, -0.05) is 23.2 Å². The number of hydrogen-bond acceptors (Lipinski definition) is 3. The summed E-state index contributed by atoms with van der Waals surface area (Å²) in [4.78, 5) is 11.6. The topological polar surface area (TPSA) is 50.4 Å². The molecule has 1 rings (SSSR count). The fourth-order valence-electron chi connectivity index (χ4n) is 1.49. The van der Waals surface area contributed by atoms with Gasteiger partial charge in [0.1, 0.15) is 5.75 Å². The fraction of sp³-hybridized carbons (Fsp3) is 0.429. The Bertz CT molecular complexity index is 510. The average molecular weight is 349 g/mol. The van der Waals surface area contributed by atoms with Gasteiger partial charge < -0.3 is 15.4 Å². The maximum absolute atomic E-state index is 11.6. The standard InChI is InChI=1S/C14H18Cl2N2O2S/c1-9(2)17-14(21)18-13(19)4-3-7-20-12-6-5-10(15)8-11(12)16/h5-6,8-9H,3-4,7H2,1-2H3,(H2,17,18,19,21). The first-order valence-electron chi connectivity index (χ1n) is 6.56. The smallest absolute Gasteiger partial charge is 0.226 e. The van der Waals surface area contributed by atoms with E-state index in [0.29, 0.717) is 40.4 Å².